The van der Waals surface area contributed by atoms with Crippen LogP contribution in [0.2, 0.25) is 5.02 Å². The standard InChI is InChI=1S/C27H24ClNO5/c1-4-34-18-9-10-20(28)19(14-18)25(31)23-24(17-7-5-6-15(2)12-17)29(27(33)26(23)32)21-13-16(3)8-11-22(21)30/h5-14,24,30-31H,4H2,1-3H3/b25-23+. The Morgan fingerprint density at radius 1 is 1.03 bits per heavy atom. The van der Waals surface area contributed by atoms with Crippen molar-refractivity contribution in [2.75, 3.05) is 11.5 Å². The zero-order chi connectivity index (χ0) is 24.6. The fourth-order valence-corrected chi connectivity index (χ4v) is 4.36. The number of ether oxygens (including phenoxy) is 1. The molecule has 0 aliphatic carbocycles. The molecule has 4 rings (SSSR count). The van der Waals surface area contributed by atoms with Gasteiger partial charge in [0.1, 0.15) is 17.3 Å². The number of phenolic OH excluding ortho intramolecular Hbond substituents is 1. The van der Waals surface area contributed by atoms with Crippen LogP contribution in [0.15, 0.2) is 66.2 Å². The van der Waals surface area contributed by atoms with E-state index in [4.69, 9.17) is 16.3 Å². The predicted octanol–water partition coefficient (Wildman–Crippen LogP) is 5.69. The minimum atomic E-state index is -0.973. The lowest BCUT2D eigenvalue weighted by Crippen LogP contribution is -2.29. The number of aryl methyl sites for hydroxylation is 2. The van der Waals surface area contributed by atoms with Crippen LogP contribution in [0.3, 0.4) is 0 Å². The molecule has 0 radical (unpaired) electrons. The van der Waals surface area contributed by atoms with Crippen molar-refractivity contribution in [1.29, 1.82) is 0 Å². The lowest BCUT2D eigenvalue weighted by molar-refractivity contribution is -0.132. The van der Waals surface area contributed by atoms with Crippen molar-refractivity contribution in [1.82, 2.24) is 0 Å². The third kappa shape index (κ3) is 4.13. The summed E-state index contributed by atoms with van der Waals surface area (Å²) in [5.41, 5.74) is 2.56. The number of anilines is 1. The number of halogens is 1. The third-order valence-corrected chi connectivity index (χ3v) is 6.03. The molecule has 1 fully saturated rings. The Morgan fingerprint density at radius 2 is 1.76 bits per heavy atom. The van der Waals surface area contributed by atoms with E-state index in [1.807, 2.05) is 39.0 Å². The molecule has 34 heavy (non-hydrogen) atoms. The van der Waals surface area contributed by atoms with Crippen molar-refractivity contribution in [3.8, 4) is 11.5 Å². The molecule has 6 nitrogen and oxygen atoms in total. The van der Waals surface area contributed by atoms with E-state index in [9.17, 15) is 19.8 Å². The van der Waals surface area contributed by atoms with Gasteiger partial charge in [0.2, 0.25) is 0 Å². The molecule has 0 saturated carbocycles. The highest BCUT2D eigenvalue weighted by Gasteiger charge is 2.48. The van der Waals surface area contributed by atoms with Gasteiger partial charge in [0.25, 0.3) is 11.7 Å². The van der Waals surface area contributed by atoms with E-state index in [0.29, 0.717) is 17.9 Å². The maximum Gasteiger partial charge on any atom is 0.300 e. The summed E-state index contributed by atoms with van der Waals surface area (Å²) in [4.78, 5) is 27.9. The molecule has 0 spiro atoms. The summed E-state index contributed by atoms with van der Waals surface area (Å²) < 4.78 is 5.52. The molecule has 1 amide bonds. The van der Waals surface area contributed by atoms with Gasteiger partial charge in [-0.1, -0.05) is 47.5 Å². The summed E-state index contributed by atoms with van der Waals surface area (Å²) in [5.74, 6) is -1.83. The summed E-state index contributed by atoms with van der Waals surface area (Å²) in [6.07, 6.45) is 0. The van der Waals surface area contributed by atoms with E-state index in [2.05, 4.69) is 0 Å². The normalized spacial score (nSPS) is 17.3. The first-order valence-electron chi connectivity index (χ1n) is 10.8. The van der Waals surface area contributed by atoms with Crippen molar-refractivity contribution >= 4 is 34.7 Å². The van der Waals surface area contributed by atoms with Crippen LogP contribution in [0.25, 0.3) is 5.76 Å². The molecule has 174 valence electrons. The number of hydrogen-bond acceptors (Lipinski definition) is 5. The maximum atomic E-state index is 13.3. The van der Waals surface area contributed by atoms with Crippen LogP contribution in [0.1, 0.15) is 35.2 Å². The van der Waals surface area contributed by atoms with E-state index in [-0.39, 0.29) is 27.6 Å². The molecular formula is C27H24ClNO5. The second-order valence-electron chi connectivity index (χ2n) is 8.15. The Kier molecular flexibility index (Phi) is 6.35. The summed E-state index contributed by atoms with van der Waals surface area (Å²) in [7, 11) is 0. The van der Waals surface area contributed by atoms with Crippen LogP contribution < -0.4 is 9.64 Å². The van der Waals surface area contributed by atoms with Gasteiger partial charge >= 0.3 is 0 Å². The van der Waals surface area contributed by atoms with Crippen LogP contribution in [0.4, 0.5) is 5.69 Å². The van der Waals surface area contributed by atoms with E-state index in [1.54, 1.807) is 30.3 Å². The number of aliphatic hydroxyl groups excluding tert-OH is 1. The number of carbonyl (C=O) groups excluding carboxylic acids is 2. The van der Waals surface area contributed by atoms with Gasteiger partial charge in [-0.25, -0.2) is 0 Å². The van der Waals surface area contributed by atoms with Gasteiger partial charge in [0.15, 0.2) is 0 Å². The molecule has 0 aromatic heterocycles. The van der Waals surface area contributed by atoms with Gasteiger partial charge in [-0.15, -0.1) is 0 Å². The van der Waals surface area contributed by atoms with E-state index < -0.39 is 23.5 Å². The second-order valence-corrected chi connectivity index (χ2v) is 8.56. The number of aromatic hydroxyl groups is 1. The summed E-state index contributed by atoms with van der Waals surface area (Å²) in [6.45, 7) is 5.94. The Hall–Kier alpha value is -3.77. The quantitative estimate of drug-likeness (QED) is 0.280. The van der Waals surface area contributed by atoms with Crippen LogP contribution in [0.5, 0.6) is 11.5 Å². The van der Waals surface area contributed by atoms with Crippen molar-refractivity contribution in [3.63, 3.8) is 0 Å². The highest BCUT2D eigenvalue weighted by atomic mass is 35.5. The van der Waals surface area contributed by atoms with E-state index in [1.165, 1.54) is 17.0 Å². The molecule has 1 unspecified atom stereocenters. The van der Waals surface area contributed by atoms with E-state index in [0.717, 1.165) is 11.1 Å². The number of Topliss-reactive ketones (excluding diaryl/α,β-unsaturated/α-hetero) is 1. The number of ketones is 1. The molecule has 1 atom stereocenters. The Labute approximate surface area is 202 Å². The zero-order valence-corrected chi connectivity index (χ0v) is 19.8. The number of benzene rings is 3. The molecule has 1 heterocycles. The number of hydrogen-bond donors (Lipinski definition) is 2. The Morgan fingerprint density at radius 3 is 2.47 bits per heavy atom. The lowest BCUT2D eigenvalue weighted by atomic mass is 9.94. The number of carbonyl (C=O) groups is 2. The third-order valence-electron chi connectivity index (χ3n) is 5.70. The zero-order valence-electron chi connectivity index (χ0n) is 19.0. The molecule has 1 aliphatic rings. The minimum Gasteiger partial charge on any atom is -0.507 e. The van der Waals surface area contributed by atoms with Crippen molar-refractivity contribution in [2.45, 2.75) is 26.8 Å². The molecule has 3 aromatic carbocycles. The van der Waals surface area contributed by atoms with Crippen molar-refractivity contribution in [3.05, 3.63) is 93.5 Å². The fraction of sp³-hybridized carbons (Fsp3) is 0.185. The highest BCUT2D eigenvalue weighted by molar-refractivity contribution is 6.52. The molecule has 0 bridgehead atoms. The number of rotatable bonds is 5. The minimum absolute atomic E-state index is 0.118. The van der Waals surface area contributed by atoms with Gasteiger partial charge < -0.3 is 14.9 Å². The Bertz CT molecular complexity index is 1330. The van der Waals surface area contributed by atoms with Gasteiger partial charge in [0, 0.05) is 5.56 Å². The van der Waals surface area contributed by atoms with Crippen LogP contribution >= 0.6 is 11.6 Å². The average Bonchev–Trinajstić information content (AvgIpc) is 3.07. The smallest absolute Gasteiger partial charge is 0.300 e. The first-order chi connectivity index (χ1) is 16.2. The number of aliphatic hydroxyl groups is 1. The second kappa shape index (κ2) is 9.23. The molecule has 3 aromatic rings. The van der Waals surface area contributed by atoms with Gasteiger partial charge in [-0.2, -0.15) is 0 Å². The number of amides is 1. The number of phenols is 1. The van der Waals surface area contributed by atoms with Crippen molar-refractivity contribution < 1.29 is 24.5 Å². The fourth-order valence-electron chi connectivity index (χ4n) is 4.15. The van der Waals surface area contributed by atoms with Crippen LogP contribution in [-0.2, 0) is 9.59 Å². The SMILES string of the molecule is CCOc1ccc(Cl)c(/C(O)=C2\C(=O)C(=O)N(c3cc(C)ccc3O)C2c2cccc(C)c2)c1. The highest BCUT2D eigenvalue weighted by Crippen LogP contribution is 2.45. The molecule has 2 N–H and O–H groups in total. The van der Waals surface area contributed by atoms with Crippen LogP contribution in [0, 0.1) is 13.8 Å². The molecular weight excluding hydrogens is 454 g/mol. The summed E-state index contributed by atoms with van der Waals surface area (Å²) >= 11 is 6.37. The number of nitrogens with zero attached hydrogens (tertiary/aromatic N) is 1. The Balaban J connectivity index is 2.00. The van der Waals surface area contributed by atoms with Gasteiger partial charge in [0.05, 0.1) is 28.9 Å². The summed E-state index contributed by atoms with van der Waals surface area (Å²) in [6, 6.07) is 15.9. The first kappa shape index (κ1) is 23.4. The first-order valence-corrected chi connectivity index (χ1v) is 11.2. The summed E-state index contributed by atoms with van der Waals surface area (Å²) in [5, 5.41) is 22.1. The van der Waals surface area contributed by atoms with Crippen molar-refractivity contribution in [2.24, 2.45) is 0 Å². The topological polar surface area (TPSA) is 87.1 Å². The van der Waals surface area contributed by atoms with Crippen LogP contribution in [-0.4, -0.2) is 28.5 Å². The lowest BCUT2D eigenvalue weighted by Gasteiger charge is -2.26. The van der Waals surface area contributed by atoms with Gasteiger partial charge in [-0.05, 0) is 62.2 Å². The monoisotopic (exact) mass is 477 g/mol. The predicted molar refractivity (Wildman–Crippen MR) is 131 cm³/mol. The average molecular weight is 478 g/mol. The van der Waals surface area contributed by atoms with E-state index >= 15 is 0 Å². The largest absolute Gasteiger partial charge is 0.507 e. The van der Waals surface area contributed by atoms with Gasteiger partial charge in [-0.3, -0.25) is 14.5 Å². The molecule has 7 heteroatoms. The molecule has 1 aliphatic heterocycles. The maximum absolute atomic E-state index is 13.3. The molecule has 1 saturated heterocycles.